The van der Waals surface area contributed by atoms with Crippen molar-refractivity contribution < 1.29 is 27.4 Å². The Hall–Kier alpha value is -3.41. The molecule has 0 aliphatic carbocycles. The summed E-state index contributed by atoms with van der Waals surface area (Å²) >= 11 is 5.88. The first-order valence-corrected chi connectivity index (χ1v) is 8.24. The first kappa shape index (κ1) is 20.3. The number of benzene rings is 1. The molecule has 0 aliphatic heterocycles. The third-order valence-electron chi connectivity index (χ3n) is 3.89. The quantitative estimate of drug-likeness (QED) is 0.483. The summed E-state index contributed by atoms with van der Waals surface area (Å²) in [7, 11) is 0. The van der Waals surface area contributed by atoms with E-state index < -0.39 is 22.6 Å². The molecule has 0 spiro atoms. The lowest BCUT2D eigenvalue weighted by atomic mass is 10.1. The molecule has 0 saturated carbocycles. The summed E-state index contributed by atoms with van der Waals surface area (Å²) in [5.74, 6) is -0.622. The van der Waals surface area contributed by atoms with Gasteiger partial charge < -0.3 is 9.84 Å². The molecular weight excluding hydrogens is 419 g/mol. The number of nitrogens with one attached hydrogen (secondary N) is 1. The molecule has 0 saturated heterocycles. The summed E-state index contributed by atoms with van der Waals surface area (Å²) in [6, 6.07) is 2.50. The predicted molar refractivity (Wildman–Crippen MR) is 93.6 cm³/mol. The fourth-order valence-electron chi connectivity index (χ4n) is 2.43. The zero-order valence-electron chi connectivity index (χ0n) is 14.5. The van der Waals surface area contributed by atoms with Gasteiger partial charge in [-0.2, -0.15) is 18.3 Å². The minimum absolute atomic E-state index is 0.0811. The molecule has 3 aromatic rings. The van der Waals surface area contributed by atoms with Crippen LogP contribution in [0.5, 0.6) is 0 Å². The molecular formula is C16H11ClF3N5O4. The second-order valence-corrected chi connectivity index (χ2v) is 6.27. The van der Waals surface area contributed by atoms with E-state index in [1.54, 1.807) is 0 Å². The van der Waals surface area contributed by atoms with E-state index >= 15 is 0 Å². The van der Waals surface area contributed by atoms with Gasteiger partial charge in [-0.1, -0.05) is 16.8 Å². The summed E-state index contributed by atoms with van der Waals surface area (Å²) in [5.41, 5.74) is -1.45. The number of carbonyl (C=O) groups excluding carboxylic acids is 1. The molecule has 0 fully saturated rings. The number of carbonyl (C=O) groups is 1. The van der Waals surface area contributed by atoms with Crippen LogP contribution in [0, 0.1) is 17.0 Å². The normalized spacial score (nSPS) is 11.5. The van der Waals surface area contributed by atoms with Gasteiger partial charge in [-0.3, -0.25) is 19.6 Å². The van der Waals surface area contributed by atoms with Crippen molar-refractivity contribution in [2.24, 2.45) is 0 Å². The second kappa shape index (κ2) is 7.54. The largest absolute Gasteiger partial charge is 0.416 e. The van der Waals surface area contributed by atoms with E-state index in [0.717, 1.165) is 24.5 Å². The van der Waals surface area contributed by atoms with Crippen molar-refractivity contribution in [2.45, 2.75) is 19.6 Å². The van der Waals surface area contributed by atoms with Gasteiger partial charge in [0.1, 0.15) is 18.2 Å². The maximum Gasteiger partial charge on any atom is 0.416 e. The van der Waals surface area contributed by atoms with Gasteiger partial charge in [-0.15, -0.1) is 0 Å². The Labute approximate surface area is 165 Å². The van der Waals surface area contributed by atoms with Gasteiger partial charge in [0.15, 0.2) is 5.69 Å². The molecule has 0 bridgehead atoms. The summed E-state index contributed by atoms with van der Waals surface area (Å²) < 4.78 is 44.9. The van der Waals surface area contributed by atoms with E-state index in [1.165, 1.54) is 11.6 Å². The number of alkyl halides is 3. The van der Waals surface area contributed by atoms with Crippen LogP contribution in [0.4, 0.5) is 24.5 Å². The highest BCUT2D eigenvalue weighted by atomic mass is 35.5. The smallest absolute Gasteiger partial charge is 0.361 e. The first-order chi connectivity index (χ1) is 13.6. The van der Waals surface area contributed by atoms with Crippen molar-refractivity contribution in [2.75, 3.05) is 5.32 Å². The molecule has 1 amide bonds. The maximum absolute atomic E-state index is 12.9. The summed E-state index contributed by atoms with van der Waals surface area (Å²) in [6.45, 7) is 1.43. The summed E-state index contributed by atoms with van der Waals surface area (Å²) in [6.07, 6.45) is -2.43. The van der Waals surface area contributed by atoms with Crippen molar-refractivity contribution in [3.8, 4) is 0 Å². The van der Waals surface area contributed by atoms with E-state index in [2.05, 4.69) is 15.6 Å². The molecule has 2 aromatic heterocycles. The van der Waals surface area contributed by atoms with Crippen LogP contribution >= 0.6 is 11.6 Å². The molecule has 152 valence electrons. The third-order valence-corrected chi connectivity index (χ3v) is 4.22. The molecule has 0 aliphatic rings. The van der Waals surface area contributed by atoms with E-state index in [-0.39, 0.29) is 40.0 Å². The molecule has 13 heteroatoms. The predicted octanol–water partition coefficient (Wildman–Crippen LogP) is 4.06. The highest BCUT2D eigenvalue weighted by molar-refractivity contribution is 6.34. The van der Waals surface area contributed by atoms with Crippen LogP contribution in [-0.2, 0) is 12.7 Å². The molecule has 29 heavy (non-hydrogen) atoms. The number of amides is 1. The monoisotopic (exact) mass is 429 g/mol. The average Bonchev–Trinajstić information content (AvgIpc) is 3.24. The number of aromatic nitrogens is 3. The molecule has 0 atom stereocenters. The lowest BCUT2D eigenvalue weighted by Gasteiger charge is -2.11. The van der Waals surface area contributed by atoms with E-state index in [0.29, 0.717) is 6.07 Å². The Bertz CT molecular complexity index is 1090. The Kier molecular flexibility index (Phi) is 5.29. The molecule has 1 N–H and O–H groups in total. The van der Waals surface area contributed by atoms with Gasteiger partial charge in [-0.25, -0.2) is 0 Å². The second-order valence-electron chi connectivity index (χ2n) is 5.87. The van der Waals surface area contributed by atoms with Crippen LogP contribution < -0.4 is 5.32 Å². The number of anilines is 1. The van der Waals surface area contributed by atoms with Crippen molar-refractivity contribution in [1.29, 1.82) is 0 Å². The minimum Gasteiger partial charge on any atom is -0.361 e. The standard InChI is InChI=1S/C16H11ClF3N5O4/c1-8-11(7-24-6-10(5-21-24)25(27)28)14(23-29-8)15(26)22-13-4-9(16(18,19)20)2-3-12(13)17/h2-6H,7H2,1H3,(H,22,26). The Balaban J connectivity index is 1.86. The fraction of sp³-hybridized carbons (Fsp3) is 0.188. The highest BCUT2D eigenvalue weighted by Crippen LogP contribution is 2.34. The molecule has 9 nitrogen and oxygen atoms in total. The lowest BCUT2D eigenvalue weighted by Crippen LogP contribution is -2.17. The van der Waals surface area contributed by atoms with Crippen LogP contribution in [0.2, 0.25) is 5.02 Å². The van der Waals surface area contributed by atoms with Crippen molar-refractivity contribution >= 4 is 28.9 Å². The molecule has 3 rings (SSSR count). The van der Waals surface area contributed by atoms with Crippen molar-refractivity contribution in [3.63, 3.8) is 0 Å². The minimum atomic E-state index is -4.62. The number of nitrogens with zero attached hydrogens (tertiary/aromatic N) is 4. The van der Waals surface area contributed by atoms with Crippen molar-refractivity contribution in [1.82, 2.24) is 14.9 Å². The first-order valence-electron chi connectivity index (χ1n) is 7.86. The van der Waals surface area contributed by atoms with Crippen LogP contribution in [0.15, 0.2) is 35.1 Å². The zero-order valence-corrected chi connectivity index (χ0v) is 15.3. The maximum atomic E-state index is 12.9. The summed E-state index contributed by atoms with van der Waals surface area (Å²) in [4.78, 5) is 22.7. The molecule has 2 heterocycles. The van der Waals surface area contributed by atoms with Gasteiger partial charge in [0.25, 0.3) is 5.91 Å². The number of halogens is 4. The number of nitro groups is 1. The van der Waals surface area contributed by atoms with Crippen LogP contribution in [-0.4, -0.2) is 25.8 Å². The average molecular weight is 430 g/mol. The SMILES string of the molecule is Cc1onc(C(=O)Nc2cc(C(F)(F)F)ccc2Cl)c1Cn1cc([N+](=O)[O-])cn1. The van der Waals surface area contributed by atoms with Gasteiger partial charge in [0, 0.05) is 5.56 Å². The van der Waals surface area contributed by atoms with Crippen molar-refractivity contribution in [3.05, 3.63) is 68.3 Å². The van der Waals surface area contributed by atoms with Gasteiger partial charge in [-0.05, 0) is 25.1 Å². The Morgan fingerprint density at radius 1 is 1.41 bits per heavy atom. The van der Waals surface area contributed by atoms with E-state index in [4.69, 9.17) is 16.1 Å². The van der Waals surface area contributed by atoms with Gasteiger partial charge in [0.2, 0.25) is 0 Å². The Morgan fingerprint density at radius 3 is 2.76 bits per heavy atom. The lowest BCUT2D eigenvalue weighted by molar-refractivity contribution is -0.385. The van der Waals surface area contributed by atoms with E-state index in [1.807, 2.05) is 0 Å². The topological polar surface area (TPSA) is 116 Å². The Morgan fingerprint density at radius 2 is 2.14 bits per heavy atom. The third kappa shape index (κ3) is 4.37. The van der Waals surface area contributed by atoms with Crippen LogP contribution in [0.1, 0.15) is 27.4 Å². The number of hydrogen-bond acceptors (Lipinski definition) is 6. The summed E-state index contributed by atoms with van der Waals surface area (Å²) in [5, 5.41) is 20.4. The van der Waals surface area contributed by atoms with E-state index in [9.17, 15) is 28.1 Å². The molecule has 0 unspecified atom stereocenters. The number of hydrogen-bond donors (Lipinski definition) is 1. The zero-order chi connectivity index (χ0) is 21.3. The number of rotatable bonds is 5. The number of aryl methyl sites for hydroxylation is 1. The van der Waals surface area contributed by atoms with Gasteiger partial charge >= 0.3 is 11.9 Å². The highest BCUT2D eigenvalue weighted by Gasteiger charge is 2.31. The molecule has 0 radical (unpaired) electrons. The van der Waals surface area contributed by atoms with Crippen LogP contribution in [0.25, 0.3) is 0 Å². The van der Waals surface area contributed by atoms with Crippen LogP contribution in [0.3, 0.4) is 0 Å². The molecule has 1 aromatic carbocycles. The fourth-order valence-corrected chi connectivity index (χ4v) is 2.59. The van der Waals surface area contributed by atoms with Gasteiger partial charge in [0.05, 0.1) is 27.7 Å².